The second-order valence-electron chi connectivity index (χ2n) is 10.4. The minimum Gasteiger partial charge on any atom is -0.366 e. The van der Waals surface area contributed by atoms with Gasteiger partial charge in [-0.15, -0.1) is 0 Å². The predicted octanol–water partition coefficient (Wildman–Crippen LogP) is 3.66. The van der Waals surface area contributed by atoms with Gasteiger partial charge in [0.25, 0.3) is 11.8 Å². The smallest absolute Gasteiger partial charge is 0.253 e. The summed E-state index contributed by atoms with van der Waals surface area (Å²) in [6.07, 6.45) is 5.40. The lowest BCUT2D eigenvalue weighted by Crippen LogP contribution is -2.51. The van der Waals surface area contributed by atoms with Crippen LogP contribution in [0.25, 0.3) is 0 Å². The Kier molecular flexibility index (Phi) is 7.13. The summed E-state index contributed by atoms with van der Waals surface area (Å²) in [7, 11) is 0. The Hall–Kier alpha value is -4.20. The summed E-state index contributed by atoms with van der Waals surface area (Å²) in [4.78, 5) is 44.3. The maximum Gasteiger partial charge on any atom is 0.253 e. The van der Waals surface area contributed by atoms with Gasteiger partial charge < -0.3 is 21.3 Å². The van der Waals surface area contributed by atoms with Gasteiger partial charge in [0.2, 0.25) is 5.91 Å². The molecule has 3 heterocycles. The zero-order valence-electron chi connectivity index (χ0n) is 21.7. The van der Waals surface area contributed by atoms with Crippen LogP contribution in [0.4, 0.5) is 5.82 Å². The molecule has 8 nitrogen and oxygen atoms in total. The van der Waals surface area contributed by atoms with Crippen molar-refractivity contribution in [1.29, 1.82) is 0 Å². The minimum atomic E-state index is -0.499. The largest absolute Gasteiger partial charge is 0.366 e. The summed E-state index contributed by atoms with van der Waals surface area (Å²) in [5.74, 6) is 0.113. The second-order valence-corrected chi connectivity index (χ2v) is 10.4. The third-order valence-corrected chi connectivity index (χ3v) is 7.68. The van der Waals surface area contributed by atoms with Gasteiger partial charge in [0.15, 0.2) is 0 Å². The fourth-order valence-corrected chi connectivity index (χ4v) is 5.94. The van der Waals surface area contributed by atoms with Gasteiger partial charge in [-0.25, -0.2) is 4.98 Å². The number of anilines is 1. The Bertz CT molecular complexity index is 1320. The lowest BCUT2D eigenvalue weighted by Gasteiger charge is -2.40. The Morgan fingerprint density at radius 1 is 0.921 bits per heavy atom. The number of amides is 3. The maximum atomic E-state index is 13.2. The van der Waals surface area contributed by atoms with Crippen LogP contribution in [0.1, 0.15) is 73.4 Å². The van der Waals surface area contributed by atoms with Crippen LogP contribution in [0.15, 0.2) is 60.8 Å². The van der Waals surface area contributed by atoms with Crippen molar-refractivity contribution in [3.63, 3.8) is 0 Å². The molecule has 2 aliphatic heterocycles. The Labute approximate surface area is 222 Å². The number of primary amides is 1. The van der Waals surface area contributed by atoms with E-state index in [4.69, 9.17) is 5.73 Å². The standard InChI is InChI=1S/C30H33N5O3/c1-18-12-22(28(31)36)13-19(2)27(18)30(38)34-23-14-24-9-10-25(15-23)35(24)26-11-8-21(17-32-26)29(37)33-16-20-6-4-3-5-7-20/h3-8,11-13,17,23-25H,9-10,14-16H2,1-2H3,(H2,31,36)(H,33,37)(H,34,38)/t23?,24-,25+. The highest BCUT2D eigenvalue weighted by Crippen LogP contribution is 2.38. The van der Waals surface area contributed by atoms with Crippen LogP contribution in [0.3, 0.4) is 0 Å². The molecule has 196 valence electrons. The molecule has 2 fully saturated rings. The van der Waals surface area contributed by atoms with Crippen LogP contribution in [0.5, 0.6) is 0 Å². The lowest BCUT2D eigenvalue weighted by molar-refractivity contribution is 0.0922. The van der Waals surface area contributed by atoms with Crippen LogP contribution >= 0.6 is 0 Å². The van der Waals surface area contributed by atoms with E-state index in [1.807, 2.05) is 56.3 Å². The number of nitrogens with two attached hydrogens (primary N) is 1. The Morgan fingerprint density at radius 3 is 2.16 bits per heavy atom. The summed E-state index contributed by atoms with van der Waals surface area (Å²) in [5.41, 5.74) is 9.50. The molecular weight excluding hydrogens is 478 g/mol. The fourth-order valence-electron chi connectivity index (χ4n) is 5.94. The van der Waals surface area contributed by atoms with E-state index in [-0.39, 0.29) is 29.9 Å². The number of carbonyl (C=O) groups excluding carboxylic acids is 3. The van der Waals surface area contributed by atoms with E-state index in [9.17, 15) is 14.4 Å². The number of pyridine rings is 1. The summed E-state index contributed by atoms with van der Waals surface area (Å²) in [5, 5.41) is 6.18. The molecule has 2 aliphatic rings. The zero-order chi connectivity index (χ0) is 26.8. The van der Waals surface area contributed by atoms with E-state index < -0.39 is 5.91 Å². The van der Waals surface area contributed by atoms with E-state index in [2.05, 4.69) is 20.5 Å². The average Bonchev–Trinajstić information content (AvgIpc) is 3.17. The van der Waals surface area contributed by atoms with Crippen molar-refractivity contribution < 1.29 is 14.4 Å². The third kappa shape index (κ3) is 5.25. The van der Waals surface area contributed by atoms with Gasteiger partial charge in [0, 0.05) is 42.0 Å². The molecule has 2 aromatic carbocycles. The summed E-state index contributed by atoms with van der Waals surface area (Å²) in [6.45, 7) is 4.13. The first kappa shape index (κ1) is 25.4. The SMILES string of the molecule is Cc1cc(C(N)=O)cc(C)c1C(=O)NC1C[C@H]2CC[C@@H](C1)N2c1ccc(C(=O)NCc2ccccc2)cn1. The number of rotatable bonds is 7. The highest BCUT2D eigenvalue weighted by molar-refractivity contribution is 6.00. The molecule has 5 rings (SSSR count). The summed E-state index contributed by atoms with van der Waals surface area (Å²) in [6, 6.07) is 17.5. The third-order valence-electron chi connectivity index (χ3n) is 7.68. The van der Waals surface area contributed by atoms with Gasteiger partial charge in [0.05, 0.1) is 5.56 Å². The summed E-state index contributed by atoms with van der Waals surface area (Å²) < 4.78 is 0. The van der Waals surface area contributed by atoms with Gasteiger partial charge in [-0.2, -0.15) is 0 Å². The van der Waals surface area contributed by atoms with Crippen molar-refractivity contribution in [3.8, 4) is 0 Å². The van der Waals surface area contributed by atoms with Crippen LogP contribution in [0, 0.1) is 13.8 Å². The van der Waals surface area contributed by atoms with E-state index in [1.54, 1.807) is 18.3 Å². The lowest BCUT2D eigenvalue weighted by atomic mass is 9.95. The number of hydrogen-bond donors (Lipinski definition) is 3. The molecule has 2 bridgehead atoms. The predicted molar refractivity (Wildman–Crippen MR) is 146 cm³/mol. The number of carbonyl (C=O) groups is 3. The first-order chi connectivity index (χ1) is 18.3. The Balaban J connectivity index is 1.21. The van der Waals surface area contributed by atoms with Crippen LogP contribution < -0.4 is 21.3 Å². The van der Waals surface area contributed by atoms with Gasteiger partial charge >= 0.3 is 0 Å². The van der Waals surface area contributed by atoms with E-state index in [0.29, 0.717) is 23.2 Å². The van der Waals surface area contributed by atoms with Crippen molar-refractivity contribution >= 4 is 23.5 Å². The van der Waals surface area contributed by atoms with Crippen molar-refractivity contribution in [2.45, 2.75) is 64.2 Å². The number of nitrogens with one attached hydrogen (secondary N) is 2. The van der Waals surface area contributed by atoms with Crippen molar-refractivity contribution in [1.82, 2.24) is 15.6 Å². The van der Waals surface area contributed by atoms with E-state index in [1.165, 1.54) is 0 Å². The topological polar surface area (TPSA) is 117 Å². The number of fused-ring (bicyclic) bond motifs is 2. The molecule has 3 atom stereocenters. The minimum absolute atomic E-state index is 0.0638. The summed E-state index contributed by atoms with van der Waals surface area (Å²) >= 11 is 0. The number of benzene rings is 2. The molecule has 3 aromatic rings. The van der Waals surface area contributed by atoms with Crippen molar-refractivity contribution in [3.05, 3.63) is 94.2 Å². The van der Waals surface area contributed by atoms with Crippen LogP contribution in [-0.2, 0) is 6.54 Å². The monoisotopic (exact) mass is 511 g/mol. The molecule has 1 unspecified atom stereocenters. The molecule has 0 saturated carbocycles. The molecule has 0 spiro atoms. The number of hydrogen-bond acceptors (Lipinski definition) is 5. The van der Waals surface area contributed by atoms with Gasteiger partial charge in [0.1, 0.15) is 5.82 Å². The molecule has 1 aromatic heterocycles. The highest BCUT2D eigenvalue weighted by Gasteiger charge is 2.42. The van der Waals surface area contributed by atoms with Gasteiger partial charge in [-0.3, -0.25) is 14.4 Å². The van der Waals surface area contributed by atoms with Crippen LogP contribution in [0.2, 0.25) is 0 Å². The van der Waals surface area contributed by atoms with Gasteiger partial charge in [-0.1, -0.05) is 30.3 Å². The molecule has 38 heavy (non-hydrogen) atoms. The first-order valence-corrected chi connectivity index (χ1v) is 13.1. The number of aromatic nitrogens is 1. The molecule has 2 saturated heterocycles. The molecule has 3 amide bonds. The van der Waals surface area contributed by atoms with Gasteiger partial charge in [-0.05, 0) is 80.5 Å². The first-order valence-electron chi connectivity index (χ1n) is 13.1. The maximum absolute atomic E-state index is 13.2. The normalized spacial score (nSPS) is 20.2. The van der Waals surface area contributed by atoms with Crippen molar-refractivity contribution in [2.24, 2.45) is 5.73 Å². The molecule has 0 aliphatic carbocycles. The fraction of sp³-hybridized carbons (Fsp3) is 0.333. The molecule has 0 radical (unpaired) electrons. The van der Waals surface area contributed by atoms with Crippen LogP contribution in [-0.4, -0.2) is 40.8 Å². The van der Waals surface area contributed by atoms with Crippen molar-refractivity contribution in [2.75, 3.05) is 4.90 Å². The molecule has 8 heteroatoms. The Morgan fingerprint density at radius 2 is 1.58 bits per heavy atom. The molecule has 4 N–H and O–H groups in total. The number of aryl methyl sites for hydroxylation is 2. The van der Waals surface area contributed by atoms with E-state index in [0.717, 1.165) is 48.2 Å². The quantitative estimate of drug-likeness (QED) is 0.448. The number of piperidine rings is 1. The number of nitrogens with zero attached hydrogens (tertiary/aromatic N) is 2. The molecular formula is C30H33N5O3. The zero-order valence-corrected chi connectivity index (χ0v) is 21.7. The highest BCUT2D eigenvalue weighted by atomic mass is 16.2. The average molecular weight is 512 g/mol. The second kappa shape index (κ2) is 10.7. The van der Waals surface area contributed by atoms with E-state index >= 15 is 0 Å².